The van der Waals surface area contributed by atoms with Crippen LogP contribution in [0.25, 0.3) is 16.9 Å². The van der Waals surface area contributed by atoms with E-state index in [0.29, 0.717) is 35.4 Å². The van der Waals surface area contributed by atoms with Gasteiger partial charge in [0.2, 0.25) is 0 Å². The fraction of sp³-hybridized carbons (Fsp3) is 0.500. The molecule has 3 aromatic rings. The monoisotopic (exact) mass is 502 g/mol. The standard InChI is InChI=1S/C26H29F3N4O3/c1-15-6-4-7-16-8-5-11-32(24(15)16)25(34)19-14-23-30-18(13-22(26(27,28)29)33(23)31-19)17-9-10-20(35-2)21(12-17)36-3/h9-10,12-16,24H,4-8,11H2,1-3H3/t15-,16+,24+/m0/s1. The van der Waals surface area contributed by atoms with E-state index in [0.717, 1.165) is 42.7 Å². The van der Waals surface area contributed by atoms with Gasteiger partial charge in [-0.05, 0) is 61.8 Å². The van der Waals surface area contributed by atoms with Crippen molar-refractivity contribution in [3.05, 3.63) is 41.7 Å². The summed E-state index contributed by atoms with van der Waals surface area (Å²) in [5, 5.41) is 4.11. The van der Waals surface area contributed by atoms with Crippen molar-refractivity contribution in [1.82, 2.24) is 19.5 Å². The van der Waals surface area contributed by atoms with E-state index in [9.17, 15) is 18.0 Å². The zero-order valence-corrected chi connectivity index (χ0v) is 20.5. The minimum absolute atomic E-state index is 0.0177. The van der Waals surface area contributed by atoms with Crippen LogP contribution in [0.2, 0.25) is 0 Å². The summed E-state index contributed by atoms with van der Waals surface area (Å²) in [7, 11) is 2.93. The SMILES string of the molecule is COc1ccc(-c2cc(C(F)(F)F)n3nc(C(=O)N4CCC[C@H]5CCC[C@H](C)[C@H]54)cc3n2)cc1OC. The predicted octanol–water partition coefficient (Wildman–Crippen LogP) is 5.47. The molecule has 2 aliphatic rings. The van der Waals surface area contributed by atoms with Crippen LogP contribution in [0.15, 0.2) is 30.3 Å². The minimum Gasteiger partial charge on any atom is -0.493 e. The highest BCUT2D eigenvalue weighted by atomic mass is 19.4. The van der Waals surface area contributed by atoms with Crippen LogP contribution in [-0.4, -0.2) is 52.2 Å². The van der Waals surface area contributed by atoms with E-state index in [-0.39, 0.29) is 29.0 Å². The second-order valence-electron chi connectivity index (χ2n) is 9.69. The van der Waals surface area contributed by atoms with E-state index < -0.39 is 11.9 Å². The van der Waals surface area contributed by atoms with E-state index in [1.807, 2.05) is 4.90 Å². The molecule has 2 aromatic heterocycles. The summed E-state index contributed by atoms with van der Waals surface area (Å²) in [6.45, 7) is 2.75. The number of amides is 1. The first-order valence-electron chi connectivity index (χ1n) is 12.2. The molecule has 0 radical (unpaired) electrons. The van der Waals surface area contributed by atoms with Crippen LogP contribution in [0.1, 0.15) is 55.2 Å². The van der Waals surface area contributed by atoms with Gasteiger partial charge in [-0.2, -0.15) is 18.3 Å². The van der Waals surface area contributed by atoms with Crippen molar-refractivity contribution in [2.45, 2.75) is 51.2 Å². The van der Waals surface area contributed by atoms with E-state index in [1.165, 1.54) is 20.3 Å². The smallest absolute Gasteiger partial charge is 0.433 e. The Morgan fingerprint density at radius 3 is 2.50 bits per heavy atom. The fourth-order valence-corrected chi connectivity index (χ4v) is 5.87. The zero-order chi connectivity index (χ0) is 25.6. The number of alkyl halides is 3. The third-order valence-electron chi connectivity index (χ3n) is 7.51. The van der Waals surface area contributed by atoms with Crippen molar-refractivity contribution in [3.8, 4) is 22.8 Å². The Labute approximate surface area is 207 Å². The number of hydrogen-bond donors (Lipinski definition) is 0. The van der Waals surface area contributed by atoms with E-state index in [2.05, 4.69) is 17.0 Å². The Morgan fingerprint density at radius 2 is 1.78 bits per heavy atom. The number of piperidine rings is 1. The van der Waals surface area contributed by atoms with Crippen LogP contribution in [0.4, 0.5) is 13.2 Å². The molecule has 2 fully saturated rings. The van der Waals surface area contributed by atoms with Crippen molar-refractivity contribution in [2.75, 3.05) is 20.8 Å². The van der Waals surface area contributed by atoms with Gasteiger partial charge in [0, 0.05) is 24.2 Å². The Morgan fingerprint density at radius 1 is 1.03 bits per heavy atom. The predicted molar refractivity (Wildman–Crippen MR) is 127 cm³/mol. The number of aromatic nitrogens is 3. The maximum absolute atomic E-state index is 14.1. The van der Waals surface area contributed by atoms with E-state index in [4.69, 9.17) is 9.47 Å². The van der Waals surface area contributed by atoms with Crippen LogP contribution in [-0.2, 0) is 6.18 Å². The normalized spacial score (nSPS) is 22.4. The molecular weight excluding hydrogens is 473 g/mol. The lowest BCUT2D eigenvalue weighted by molar-refractivity contribution is -0.142. The Kier molecular flexibility index (Phi) is 6.30. The highest BCUT2D eigenvalue weighted by Crippen LogP contribution is 2.40. The molecule has 192 valence electrons. The van der Waals surface area contributed by atoms with Crippen molar-refractivity contribution < 1.29 is 27.4 Å². The molecular formula is C26H29F3N4O3. The van der Waals surface area contributed by atoms with Gasteiger partial charge in [0.05, 0.1) is 19.9 Å². The molecule has 0 unspecified atom stereocenters. The van der Waals surface area contributed by atoms with Crippen molar-refractivity contribution >= 4 is 11.6 Å². The van der Waals surface area contributed by atoms with Crippen LogP contribution in [0, 0.1) is 11.8 Å². The fourth-order valence-electron chi connectivity index (χ4n) is 5.87. The summed E-state index contributed by atoms with van der Waals surface area (Å²) in [6.07, 6.45) is 0.549. The molecule has 1 saturated carbocycles. The third kappa shape index (κ3) is 4.26. The molecule has 1 amide bonds. The summed E-state index contributed by atoms with van der Waals surface area (Å²) in [6, 6.07) is 7.19. The quantitative estimate of drug-likeness (QED) is 0.473. The molecule has 1 saturated heterocycles. The maximum Gasteiger partial charge on any atom is 0.433 e. The van der Waals surface area contributed by atoms with Gasteiger partial charge in [-0.15, -0.1) is 0 Å². The van der Waals surface area contributed by atoms with Crippen molar-refractivity contribution in [3.63, 3.8) is 0 Å². The number of likely N-dealkylation sites (tertiary alicyclic amines) is 1. The number of ether oxygens (including phenoxy) is 2. The molecule has 10 heteroatoms. The van der Waals surface area contributed by atoms with Crippen LogP contribution >= 0.6 is 0 Å². The highest BCUT2D eigenvalue weighted by Gasteiger charge is 2.41. The first-order valence-corrected chi connectivity index (χ1v) is 12.2. The van der Waals surface area contributed by atoms with Crippen molar-refractivity contribution in [1.29, 1.82) is 0 Å². The molecule has 1 aliphatic carbocycles. The van der Waals surface area contributed by atoms with Gasteiger partial charge in [0.1, 0.15) is 0 Å². The average molecular weight is 503 g/mol. The number of rotatable bonds is 4. The summed E-state index contributed by atoms with van der Waals surface area (Å²) < 4.78 is 53.5. The molecule has 0 spiro atoms. The lowest BCUT2D eigenvalue weighted by atomic mass is 9.73. The van der Waals surface area contributed by atoms with Crippen LogP contribution < -0.4 is 9.47 Å². The number of carbonyl (C=O) groups excluding carboxylic acids is 1. The topological polar surface area (TPSA) is 69.0 Å². The molecule has 5 rings (SSSR count). The lowest BCUT2D eigenvalue weighted by Crippen LogP contribution is -2.53. The first-order chi connectivity index (χ1) is 17.2. The Hall–Kier alpha value is -3.30. The van der Waals surface area contributed by atoms with Crippen LogP contribution in [0.5, 0.6) is 11.5 Å². The first kappa shape index (κ1) is 24.4. The Bertz CT molecular complexity index is 1290. The number of halogens is 3. The van der Waals surface area contributed by atoms with Gasteiger partial charge in [-0.3, -0.25) is 4.79 Å². The van der Waals surface area contributed by atoms with Gasteiger partial charge in [0.25, 0.3) is 5.91 Å². The average Bonchev–Trinajstić information content (AvgIpc) is 3.30. The second-order valence-corrected chi connectivity index (χ2v) is 9.69. The molecule has 1 aromatic carbocycles. The summed E-state index contributed by atoms with van der Waals surface area (Å²) >= 11 is 0. The molecule has 0 N–H and O–H groups in total. The minimum atomic E-state index is -4.70. The number of nitrogens with zero attached hydrogens (tertiary/aromatic N) is 4. The van der Waals surface area contributed by atoms with Gasteiger partial charge in [0.15, 0.2) is 28.5 Å². The zero-order valence-electron chi connectivity index (χ0n) is 20.5. The molecule has 3 heterocycles. The van der Waals surface area contributed by atoms with Gasteiger partial charge in [-0.1, -0.05) is 13.3 Å². The number of hydrogen-bond acceptors (Lipinski definition) is 5. The van der Waals surface area contributed by atoms with Gasteiger partial charge in [-0.25, -0.2) is 9.50 Å². The van der Waals surface area contributed by atoms with E-state index >= 15 is 0 Å². The van der Waals surface area contributed by atoms with E-state index in [1.54, 1.807) is 18.2 Å². The maximum atomic E-state index is 14.1. The van der Waals surface area contributed by atoms with Crippen LogP contribution in [0.3, 0.4) is 0 Å². The summed E-state index contributed by atoms with van der Waals surface area (Å²) in [5.41, 5.74) is -0.545. The van der Waals surface area contributed by atoms with Gasteiger partial charge >= 0.3 is 6.18 Å². The van der Waals surface area contributed by atoms with Crippen molar-refractivity contribution in [2.24, 2.45) is 11.8 Å². The Balaban J connectivity index is 1.57. The molecule has 36 heavy (non-hydrogen) atoms. The summed E-state index contributed by atoms with van der Waals surface area (Å²) in [4.78, 5) is 19.8. The number of benzene rings is 1. The second kappa shape index (κ2) is 9.29. The van der Waals surface area contributed by atoms with Gasteiger partial charge < -0.3 is 14.4 Å². The molecule has 0 bridgehead atoms. The number of carbonyl (C=O) groups is 1. The number of fused-ring (bicyclic) bond motifs is 2. The highest BCUT2D eigenvalue weighted by molar-refractivity contribution is 5.93. The lowest BCUT2D eigenvalue weighted by Gasteiger charge is -2.47. The largest absolute Gasteiger partial charge is 0.493 e. The molecule has 1 aliphatic heterocycles. The third-order valence-corrected chi connectivity index (χ3v) is 7.51. The molecule has 3 atom stereocenters. The number of methoxy groups -OCH3 is 2. The molecule has 7 nitrogen and oxygen atoms in total. The summed E-state index contributed by atoms with van der Waals surface area (Å²) in [5.74, 6) is 1.28.